The maximum absolute atomic E-state index is 9.56. The molecule has 12 aromatic rings. The molecule has 0 spiro atoms. The molecule has 0 saturated heterocycles. The molecule has 4 heterocycles. The lowest BCUT2D eigenvalue weighted by Crippen LogP contribution is -1.93. The molecule has 0 aliphatic rings. The van der Waals surface area contributed by atoms with Crippen molar-refractivity contribution < 1.29 is 8.83 Å². The Morgan fingerprint density at radius 2 is 0.759 bits per heavy atom. The fourth-order valence-electron chi connectivity index (χ4n) is 8.69. The van der Waals surface area contributed by atoms with Gasteiger partial charge in [0.2, 0.25) is 0 Å². The third-order valence-corrected chi connectivity index (χ3v) is 11.1. The minimum atomic E-state index is 0.616. The first kappa shape index (κ1) is 29.1. The van der Waals surface area contributed by atoms with E-state index in [1.54, 1.807) is 6.07 Å². The van der Waals surface area contributed by atoms with E-state index in [0.717, 1.165) is 77.4 Å². The number of fused-ring (bicyclic) bond motifs is 12. The summed E-state index contributed by atoms with van der Waals surface area (Å²) in [6, 6.07) is 59.8. The highest BCUT2D eigenvalue weighted by atomic mass is 16.3. The van der Waals surface area contributed by atoms with Gasteiger partial charge in [-0.15, -0.1) is 0 Å². The summed E-state index contributed by atoms with van der Waals surface area (Å²) in [4.78, 5) is 0. The SMILES string of the molecule is N#Cc1ccc2oc3ccc(-n4c5ccccc5c5cc(-c6ccc7oc8ccc(-n9c%10ccccc%10c%10ccccc%109)cc8c7c6)ccc54)cc3c2c1. The molecule has 0 unspecified atom stereocenters. The molecular weight excluding hydrogens is 663 g/mol. The van der Waals surface area contributed by atoms with Gasteiger partial charge in [-0.2, -0.15) is 5.26 Å². The molecule has 0 N–H and O–H groups in total. The number of nitrogens with zero attached hydrogens (tertiary/aromatic N) is 3. The molecule has 0 aliphatic heterocycles. The second-order valence-corrected chi connectivity index (χ2v) is 14.1. The summed E-state index contributed by atoms with van der Waals surface area (Å²) in [6.45, 7) is 0. The number of para-hydroxylation sites is 3. The number of rotatable bonds is 3. The molecule has 0 atom stereocenters. The van der Waals surface area contributed by atoms with Gasteiger partial charge in [0.05, 0.1) is 33.7 Å². The quantitative estimate of drug-likeness (QED) is 0.185. The smallest absolute Gasteiger partial charge is 0.135 e. The monoisotopic (exact) mass is 689 g/mol. The van der Waals surface area contributed by atoms with Crippen molar-refractivity contribution in [2.24, 2.45) is 0 Å². The van der Waals surface area contributed by atoms with Gasteiger partial charge in [-0.25, -0.2) is 0 Å². The minimum Gasteiger partial charge on any atom is -0.456 e. The molecular formula is C49H27N3O2. The summed E-state index contributed by atoms with van der Waals surface area (Å²) in [5.74, 6) is 0. The van der Waals surface area contributed by atoms with Crippen LogP contribution >= 0.6 is 0 Å². The molecule has 5 nitrogen and oxygen atoms in total. The summed E-state index contributed by atoms with van der Waals surface area (Å²) in [5, 5.41) is 18.5. The molecule has 0 fully saturated rings. The van der Waals surface area contributed by atoms with Crippen molar-refractivity contribution in [3.05, 3.63) is 169 Å². The summed E-state index contributed by atoms with van der Waals surface area (Å²) < 4.78 is 17.2. The van der Waals surface area contributed by atoms with E-state index in [1.807, 2.05) is 18.2 Å². The highest BCUT2D eigenvalue weighted by molar-refractivity contribution is 6.13. The van der Waals surface area contributed by atoms with Crippen LogP contribution in [0.15, 0.2) is 173 Å². The van der Waals surface area contributed by atoms with Gasteiger partial charge in [-0.05, 0) is 108 Å². The Kier molecular flexibility index (Phi) is 5.78. The number of hydrogen-bond donors (Lipinski definition) is 0. The summed E-state index contributed by atoms with van der Waals surface area (Å²) in [7, 11) is 0. The minimum absolute atomic E-state index is 0.616. The Labute approximate surface area is 307 Å². The van der Waals surface area contributed by atoms with E-state index in [0.29, 0.717) is 5.56 Å². The zero-order valence-corrected chi connectivity index (χ0v) is 28.7. The van der Waals surface area contributed by atoms with E-state index >= 15 is 0 Å². The molecule has 0 radical (unpaired) electrons. The van der Waals surface area contributed by atoms with Crippen molar-refractivity contribution in [2.45, 2.75) is 0 Å². The van der Waals surface area contributed by atoms with E-state index in [-0.39, 0.29) is 0 Å². The number of furan rings is 2. The van der Waals surface area contributed by atoms with Crippen molar-refractivity contribution >= 4 is 87.5 Å². The Bertz CT molecular complexity index is 3530. The largest absolute Gasteiger partial charge is 0.456 e. The second kappa shape index (κ2) is 10.7. The first-order chi connectivity index (χ1) is 26.7. The van der Waals surface area contributed by atoms with Crippen molar-refractivity contribution in [1.82, 2.24) is 9.13 Å². The fraction of sp³-hybridized carbons (Fsp3) is 0. The van der Waals surface area contributed by atoms with Crippen LogP contribution in [0.1, 0.15) is 5.56 Å². The van der Waals surface area contributed by atoms with Crippen molar-refractivity contribution in [3.8, 4) is 28.6 Å². The van der Waals surface area contributed by atoms with Gasteiger partial charge in [0, 0.05) is 54.5 Å². The number of hydrogen-bond acceptors (Lipinski definition) is 3. The average Bonchev–Trinajstić information content (AvgIpc) is 3.97. The molecule has 0 saturated carbocycles. The standard InChI is InChI=1S/C49H27N3O2/c50-28-29-13-19-46-38(23-29)40-26-33(17-21-48(40)53-46)52-44-12-6-3-9-36(44)37-24-30(14-18-45(37)52)31-15-20-47-39(25-31)41-27-32(16-22-49(41)54-47)51-42-10-4-1-7-34(42)35-8-2-5-11-43(35)51/h1-27H. The van der Waals surface area contributed by atoms with Gasteiger partial charge >= 0.3 is 0 Å². The molecule has 5 heteroatoms. The maximum Gasteiger partial charge on any atom is 0.135 e. The van der Waals surface area contributed by atoms with Crippen LogP contribution in [0.3, 0.4) is 0 Å². The Morgan fingerprint density at radius 1 is 0.352 bits per heavy atom. The normalized spacial score (nSPS) is 12.1. The highest BCUT2D eigenvalue weighted by Gasteiger charge is 2.18. The van der Waals surface area contributed by atoms with Crippen LogP contribution in [-0.2, 0) is 0 Å². The molecule has 0 aliphatic carbocycles. The third-order valence-electron chi connectivity index (χ3n) is 11.1. The zero-order chi connectivity index (χ0) is 35.5. The average molecular weight is 690 g/mol. The number of nitriles is 1. The fourth-order valence-corrected chi connectivity index (χ4v) is 8.69. The maximum atomic E-state index is 9.56. The summed E-state index contributed by atoms with van der Waals surface area (Å²) in [5.41, 5.74) is 13.0. The van der Waals surface area contributed by atoms with Crippen LogP contribution in [-0.4, -0.2) is 9.13 Å². The molecule has 12 rings (SSSR count). The van der Waals surface area contributed by atoms with E-state index < -0.39 is 0 Å². The van der Waals surface area contributed by atoms with Crippen molar-refractivity contribution in [2.75, 3.05) is 0 Å². The predicted molar refractivity (Wildman–Crippen MR) is 220 cm³/mol. The number of aromatic nitrogens is 2. The van der Waals surface area contributed by atoms with Crippen LogP contribution in [0.25, 0.3) is 110 Å². The lowest BCUT2D eigenvalue weighted by Gasteiger charge is -2.09. The van der Waals surface area contributed by atoms with Gasteiger partial charge < -0.3 is 18.0 Å². The van der Waals surface area contributed by atoms with Crippen LogP contribution < -0.4 is 0 Å². The Hall–Kier alpha value is -7.55. The van der Waals surface area contributed by atoms with E-state index in [2.05, 4.69) is 155 Å². The first-order valence-corrected chi connectivity index (χ1v) is 18.1. The summed E-state index contributed by atoms with van der Waals surface area (Å²) >= 11 is 0. The van der Waals surface area contributed by atoms with E-state index in [9.17, 15) is 5.26 Å². The van der Waals surface area contributed by atoms with Gasteiger partial charge in [0.1, 0.15) is 22.3 Å². The van der Waals surface area contributed by atoms with Gasteiger partial charge in [0.15, 0.2) is 0 Å². The van der Waals surface area contributed by atoms with Crippen molar-refractivity contribution in [1.29, 1.82) is 5.26 Å². The summed E-state index contributed by atoms with van der Waals surface area (Å²) in [6.07, 6.45) is 0. The predicted octanol–water partition coefficient (Wildman–Crippen LogP) is 13.2. The lowest BCUT2D eigenvalue weighted by atomic mass is 10.0. The molecule has 0 amide bonds. The molecule has 250 valence electrons. The third kappa shape index (κ3) is 4.02. The van der Waals surface area contributed by atoms with Gasteiger partial charge in [-0.3, -0.25) is 0 Å². The lowest BCUT2D eigenvalue weighted by molar-refractivity contribution is 0.668. The molecule has 0 bridgehead atoms. The van der Waals surface area contributed by atoms with Crippen LogP contribution in [0.4, 0.5) is 0 Å². The topological polar surface area (TPSA) is 59.9 Å². The van der Waals surface area contributed by atoms with Crippen LogP contribution in [0.5, 0.6) is 0 Å². The Morgan fingerprint density at radius 3 is 1.31 bits per heavy atom. The van der Waals surface area contributed by atoms with Crippen LogP contribution in [0.2, 0.25) is 0 Å². The van der Waals surface area contributed by atoms with Crippen molar-refractivity contribution in [3.63, 3.8) is 0 Å². The zero-order valence-electron chi connectivity index (χ0n) is 28.7. The number of benzene rings is 8. The van der Waals surface area contributed by atoms with E-state index in [1.165, 1.54) is 32.6 Å². The molecule has 8 aromatic carbocycles. The highest BCUT2D eigenvalue weighted by Crippen LogP contribution is 2.40. The molecule has 4 aromatic heterocycles. The van der Waals surface area contributed by atoms with E-state index in [4.69, 9.17) is 8.83 Å². The molecule has 54 heavy (non-hydrogen) atoms. The van der Waals surface area contributed by atoms with Crippen LogP contribution in [0, 0.1) is 11.3 Å². The Balaban J connectivity index is 1.02. The van der Waals surface area contributed by atoms with Gasteiger partial charge in [-0.1, -0.05) is 66.7 Å². The van der Waals surface area contributed by atoms with Gasteiger partial charge in [0.25, 0.3) is 0 Å². The first-order valence-electron chi connectivity index (χ1n) is 18.1. The second-order valence-electron chi connectivity index (χ2n) is 14.1.